The summed E-state index contributed by atoms with van der Waals surface area (Å²) in [6, 6.07) is 4.00. The third-order valence-corrected chi connectivity index (χ3v) is 2.65. The molecule has 2 rings (SSSR count). The Morgan fingerprint density at radius 2 is 2.07 bits per heavy atom. The zero-order valence-electron chi connectivity index (χ0n) is 9.05. The second kappa shape index (κ2) is 3.42. The predicted octanol–water partition coefficient (Wildman–Crippen LogP) is 2.61. The van der Waals surface area contributed by atoms with Crippen molar-refractivity contribution >= 4 is 17.2 Å². The average molecular weight is 203 g/mol. The Kier molecular flexibility index (Phi) is 2.23. The van der Waals surface area contributed by atoms with Gasteiger partial charge in [-0.05, 0) is 37.1 Å². The quantitative estimate of drug-likeness (QED) is 0.762. The van der Waals surface area contributed by atoms with E-state index in [1.54, 1.807) is 7.11 Å². The van der Waals surface area contributed by atoms with E-state index < -0.39 is 0 Å². The normalized spacial score (nSPS) is 10.6. The van der Waals surface area contributed by atoms with Crippen LogP contribution in [0.5, 0.6) is 5.75 Å². The van der Waals surface area contributed by atoms with E-state index in [2.05, 4.69) is 11.1 Å². The highest BCUT2D eigenvalue weighted by atomic mass is 16.5. The highest BCUT2D eigenvalue weighted by Crippen LogP contribution is 2.30. The highest BCUT2D eigenvalue weighted by molar-refractivity contribution is 5.95. The molecule has 3 nitrogen and oxygen atoms in total. The number of carbonyl (C=O) groups is 1. The van der Waals surface area contributed by atoms with Crippen LogP contribution in [0.15, 0.2) is 12.1 Å². The number of aromatic nitrogens is 1. The van der Waals surface area contributed by atoms with Gasteiger partial charge in [0.1, 0.15) is 5.75 Å². The Labute approximate surface area is 88.1 Å². The van der Waals surface area contributed by atoms with Gasteiger partial charge in [-0.3, -0.25) is 4.79 Å². The third-order valence-electron chi connectivity index (χ3n) is 2.65. The maximum absolute atomic E-state index is 10.8. The Balaban J connectivity index is 2.87. The van der Waals surface area contributed by atoms with Crippen molar-refractivity contribution in [2.75, 3.05) is 7.11 Å². The molecule has 2 aromatic rings. The molecular weight excluding hydrogens is 190 g/mol. The fourth-order valence-electron chi connectivity index (χ4n) is 1.83. The van der Waals surface area contributed by atoms with E-state index in [4.69, 9.17) is 4.74 Å². The van der Waals surface area contributed by atoms with Crippen LogP contribution >= 0.6 is 0 Å². The van der Waals surface area contributed by atoms with Crippen LogP contribution in [-0.4, -0.2) is 18.4 Å². The number of aryl methyl sites for hydroxylation is 2. The minimum absolute atomic E-state index is 0.619. The van der Waals surface area contributed by atoms with Crippen molar-refractivity contribution in [2.45, 2.75) is 13.8 Å². The summed E-state index contributed by atoms with van der Waals surface area (Å²) in [4.78, 5) is 13.9. The van der Waals surface area contributed by atoms with Crippen molar-refractivity contribution in [1.82, 2.24) is 4.98 Å². The topological polar surface area (TPSA) is 42.1 Å². The molecule has 78 valence electrons. The number of H-pyrrole nitrogens is 1. The number of benzene rings is 1. The molecule has 3 heteroatoms. The summed E-state index contributed by atoms with van der Waals surface area (Å²) < 4.78 is 5.27. The number of carbonyl (C=O) groups excluding carboxylic acids is 1. The molecule has 1 N–H and O–H groups in total. The number of aldehydes is 1. The zero-order chi connectivity index (χ0) is 11.0. The summed E-state index contributed by atoms with van der Waals surface area (Å²) in [7, 11) is 1.63. The molecule has 1 aromatic carbocycles. The summed E-state index contributed by atoms with van der Waals surface area (Å²) in [5.74, 6) is 0.779. The maximum atomic E-state index is 10.8. The molecule has 1 heterocycles. The Morgan fingerprint density at radius 3 is 2.67 bits per heavy atom. The van der Waals surface area contributed by atoms with Crippen molar-refractivity contribution in [2.24, 2.45) is 0 Å². The molecule has 0 amide bonds. The Bertz CT molecular complexity index is 526. The fourth-order valence-corrected chi connectivity index (χ4v) is 1.83. The van der Waals surface area contributed by atoms with Crippen LogP contribution in [0.25, 0.3) is 10.9 Å². The van der Waals surface area contributed by atoms with Crippen LogP contribution in [0.1, 0.15) is 21.6 Å². The predicted molar refractivity (Wildman–Crippen MR) is 59.7 cm³/mol. The van der Waals surface area contributed by atoms with E-state index in [-0.39, 0.29) is 0 Å². The van der Waals surface area contributed by atoms with E-state index in [1.165, 1.54) is 0 Å². The molecule has 0 bridgehead atoms. The van der Waals surface area contributed by atoms with Crippen molar-refractivity contribution < 1.29 is 9.53 Å². The highest BCUT2D eigenvalue weighted by Gasteiger charge is 2.11. The van der Waals surface area contributed by atoms with E-state index >= 15 is 0 Å². The lowest BCUT2D eigenvalue weighted by Gasteiger charge is -2.03. The van der Waals surface area contributed by atoms with Crippen molar-refractivity contribution in [3.8, 4) is 5.75 Å². The van der Waals surface area contributed by atoms with Crippen molar-refractivity contribution in [3.63, 3.8) is 0 Å². The van der Waals surface area contributed by atoms with E-state index in [0.717, 1.165) is 34.1 Å². The van der Waals surface area contributed by atoms with Gasteiger partial charge in [0.15, 0.2) is 6.29 Å². The van der Waals surface area contributed by atoms with Gasteiger partial charge in [0.05, 0.1) is 18.3 Å². The van der Waals surface area contributed by atoms with Crippen LogP contribution in [0.3, 0.4) is 0 Å². The molecule has 0 fully saturated rings. The van der Waals surface area contributed by atoms with Crippen LogP contribution in [0.2, 0.25) is 0 Å². The van der Waals surface area contributed by atoms with Gasteiger partial charge >= 0.3 is 0 Å². The van der Waals surface area contributed by atoms with Gasteiger partial charge in [-0.1, -0.05) is 0 Å². The number of nitrogens with one attached hydrogen (secondary N) is 1. The van der Waals surface area contributed by atoms with Crippen molar-refractivity contribution in [3.05, 3.63) is 29.0 Å². The summed E-state index contributed by atoms with van der Waals surface area (Å²) in [6.45, 7) is 3.94. The smallest absolute Gasteiger partial charge is 0.166 e. The van der Waals surface area contributed by atoms with E-state index in [0.29, 0.717) is 5.69 Å². The molecule has 0 saturated carbocycles. The molecule has 0 aliphatic rings. The molecule has 0 atom stereocenters. The van der Waals surface area contributed by atoms with Gasteiger partial charge < -0.3 is 9.72 Å². The van der Waals surface area contributed by atoms with Gasteiger partial charge in [-0.15, -0.1) is 0 Å². The number of rotatable bonds is 2. The lowest BCUT2D eigenvalue weighted by atomic mass is 10.1. The molecule has 0 saturated heterocycles. The first-order valence-corrected chi connectivity index (χ1v) is 4.79. The van der Waals surface area contributed by atoms with Gasteiger partial charge in [0.25, 0.3) is 0 Å². The number of ether oxygens (including phenoxy) is 1. The third kappa shape index (κ3) is 1.40. The molecule has 1 aromatic heterocycles. The molecule has 0 aliphatic heterocycles. The Morgan fingerprint density at radius 1 is 1.33 bits per heavy atom. The number of hydrogen-bond acceptors (Lipinski definition) is 2. The lowest BCUT2D eigenvalue weighted by molar-refractivity contribution is 0.111. The summed E-state index contributed by atoms with van der Waals surface area (Å²) >= 11 is 0. The van der Waals surface area contributed by atoms with Crippen LogP contribution < -0.4 is 4.74 Å². The van der Waals surface area contributed by atoms with Gasteiger partial charge in [-0.25, -0.2) is 0 Å². The SMILES string of the molecule is COc1cc(C)cc2c(C)c(C=O)[nH]c12. The van der Waals surface area contributed by atoms with Gasteiger partial charge in [0.2, 0.25) is 0 Å². The monoisotopic (exact) mass is 203 g/mol. The molecule has 0 spiro atoms. The van der Waals surface area contributed by atoms with Gasteiger partial charge in [0, 0.05) is 5.39 Å². The van der Waals surface area contributed by atoms with E-state index in [9.17, 15) is 4.79 Å². The van der Waals surface area contributed by atoms with E-state index in [1.807, 2.05) is 19.9 Å². The van der Waals surface area contributed by atoms with Crippen LogP contribution in [0, 0.1) is 13.8 Å². The molecule has 0 aliphatic carbocycles. The standard InChI is InChI=1S/C12H13NO2/c1-7-4-9-8(2)10(6-14)13-12(9)11(5-7)15-3/h4-6,13H,1-3H3. The molecule has 15 heavy (non-hydrogen) atoms. The zero-order valence-corrected chi connectivity index (χ0v) is 9.05. The second-order valence-electron chi connectivity index (χ2n) is 3.67. The number of hydrogen-bond donors (Lipinski definition) is 1. The summed E-state index contributed by atoms with van der Waals surface area (Å²) in [5.41, 5.74) is 3.61. The molecular formula is C12H13NO2. The van der Waals surface area contributed by atoms with Crippen molar-refractivity contribution in [1.29, 1.82) is 0 Å². The molecule has 0 radical (unpaired) electrons. The summed E-state index contributed by atoms with van der Waals surface area (Å²) in [5, 5.41) is 1.05. The fraction of sp³-hybridized carbons (Fsp3) is 0.250. The van der Waals surface area contributed by atoms with Crippen LogP contribution in [0.4, 0.5) is 0 Å². The number of methoxy groups -OCH3 is 1. The minimum Gasteiger partial charge on any atom is -0.495 e. The summed E-state index contributed by atoms with van der Waals surface area (Å²) in [6.07, 6.45) is 0.837. The first kappa shape index (κ1) is 9.77. The van der Waals surface area contributed by atoms with Gasteiger partial charge in [-0.2, -0.15) is 0 Å². The number of aromatic amines is 1. The maximum Gasteiger partial charge on any atom is 0.166 e. The Hall–Kier alpha value is -1.77. The minimum atomic E-state index is 0.619. The first-order chi connectivity index (χ1) is 7.17. The largest absolute Gasteiger partial charge is 0.495 e. The lowest BCUT2D eigenvalue weighted by Crippen LogP contribution is -1.85. The number of fused-ring (bicyclic) bond motifs is 1. The second-order valence-corrected chi connectivity index (χ2v) is 3.67. The molecule has 0 unspecified atom stereocenters. The van der Waals surface area contributed by atoms with Crippen LogP contribution in [-0.2, 0) is 0 Å². The first-order valence-electron chi connectivity index (χ1n) is 4.79. The average Bonchev–Trinajstić information content (AvgIpc) is 2.55.